The lowest BCUT2D eigenvalue weighted by Crippen LogP contribution is -2.18. The number of fused-ring (bicyclic) bond motifs is 7. The highest BCUT2D eigenvalue weighted by Crippen LogP contribution is 2.56. The molecule has 0 amide bonds. The largest absolute Gasteiger partial charge is 0.308 e. The van der Waals surface area contributed by atoms with E-state index in [-0.39, 0.29) is 11.6 Å². The summed E-state index contributed by atoms with van der Waals surface area (Å²) in [5.74, 6) is -0.628. The number of para-hydroxylation sites is 2. The van der Waals surface area contributed by atoms with Crippen LogP contribution in [0.5, 0.6) is 0 Å². The molecule has 0 heterocycles. The van der Waals surface area contributed by atoms with Gasteiger partial charge in [-0.15, -0.1) is 0 Å². The first-order valence-electron chi connectivity index (χ1n) is 22.8. The van der Waals surface area contributed by atoms with Crippen molar-refractivity contribution in [2.45, 2.75) is 19.3 Å². The van der Waals surface area contributed by atoms with E-state index >= 15 is 8.78 Å². The molecular formula is C63H44F2N2. The van der Waals surface area contributed by atoms with Crippen molar-refractivity contribution in [1.82, 2.24) is 0 Å². The third-order valence-electron chi connectivity index (χ3n) is 13.7. The number of halogens is 2. The number of rotatable bonds is 8. The third-order valence-corrected chi connectivity index (χ3v) is 13.7. The van der Waals surface area contributed by atoms with E-state index in [2.05, 4.69) is 128 Å². The maximum atomic E-state index is 17.0. The fraction of sp³-hybridized carbons (Fsp3) is 0.0476. The van der Waals surface area contributed by atoms with Gasteiger partial charge in [-0.2, -0.15) is 0 Å². The van der Waals surface area contributed by atoms with Crippen LogP contribution in [-0.2, 0) is 5.41 Å². The molecular weight excluding hydrogens is 823 g/mol. The predicted molar refractivity (Wildman–Crippen MR) is 277 cm³/mol. The Hall–Kier alpha value is -8.34. The molecule has 1 aliphatic carbocycles. The van der Waals surface area contributed by atoms with E-state index in [1.807, 2.05) is 114 Å². The van der Waals surface area contributed by atoms with Crippen LogP contribution in [0.1, 0.15) is 25.0 Å². The van der Waals surface area contributed by atoms with Crippen LogP contribution in [0.15, 0.2) is 231 Å². The van der Waals surface area contributed by atoms with Gasteiger partial charge in [-0.1, -0.05) is 166 Å². The number of benzene rings is 11. The van der Waals surface area contributed by atoms with E-state index in [0.29, 0.717) is 11.4 Å². The molecule has 67 heavy (non-hydrogen) atoms. The first-order chi connectivity index (χ1) is 32.8. The van der Waals surface area contributed by atoms with Crippen molar-refractivity contribution in [1.29, 1.82) is 0 Å². The van der Waals surface area contributed by atoms with Crippen molar-refractivity contribution in [2.75, 3.05) is 9.80 Å². The summed E-state index contributed by atoms with van der Waals surface area (Å²) in [4.78, 5) is 4.08. The summed E-state index contributed by atoms with van der Waals surface area (Å²) >= 11 is 0. The molecule has 2 nitrogen and oxygen atoms in total. The van der Waals surface area contributed by atoms with Crippen LogP contribution in [0, 0.1) is 11.6 Å². The maximum absolute atomic E-state index is 17.0. The molecule has 12 rings (SSSR count). The average Bonchev–Trinajstić information content (AvgIpc) is 3.60. The Labute approximate surface area is 389 Å². The zero-order valence-electron chi connectivity index (χ0n) is 37.1. The van der Waals surface area contributed by atoms with Crippen molar-refractivity contribution in [3.05, 3.63) is 253 Å². The molecule has 0 fully saturated rings. The molecule has 0 spiro atoms. The van der Waals surface area contributed by atoms with Gasteiger partial charge in [0.25, 0.3) is 0 Å². The molecule has 0 saturated carbocycles. The second-order valence-corrected chi connectivity index (χ2v) is 18.0. The van der Waals surface area contributed by atoms with E-state index < -0.39 is 5.41 Å². The summed E-state index contributed by atoms with van der Waals surface area (Å²) in [7, 11) is 0. The molecule has 0 saturated heterocycles. The quantitative estimate of drug-likeness (QED) is 0.150. The highest BCUT2D eigenvalue weighted by Gasteiger charge is 2.39. The van der Waals surface area contributed by atoms with Crippen molar-refractivity contribution >= 4 is 66.4 Å². The van der Waals surface area contributed by atoms with Crippen LogP contribution >= 0.6 is 0 Å². The number of hydrogen-bond donors (Lipinski definition) is 0. The SMILES string of the molecule is CC1(C)c2cc(N(c3ccccc3)c3ccc(-c4ccc5ccccc5c4)cc3F)ccc2-c2c1cc(N(c1ccccc1)c1ccc(-c3ccc4ccccc4c3)cc1F)c1ccccc21. The van der Waals surface area contributed by atoms with E-state index in [9.17, 15) is 0 Å². The number of nitrogens with zero attached hydrogens (tertiary/aromatic N) is 2. The van der Waals surface area contributed by atoms with Crippen molar-refractivity contribution in [3.8, 4) is 33.4 Å². The lowest BCUT2D eigenvalue weighted by molar-refractivity contribution is 0.629. The van der Waals surface area contributed by atoms with Gasteiger partial charge in [-0.25, -0.2) is 8.78 Å². The summed E-state index contributed by atoms with van der Waals surface area (Å²) in [6.07, 6.45) is 0. The Balaban J connectivity index is 0.976. The molecule has 0 radical (unpaired) electrons. The van der Waals surface area contributed by atoms with Crippen molar-refractivity contribution in [3.63, 3.8) is 0 Å². The maximum Gasteiger partial charge on any atom is 0.147 e. The molecule has 4 heteroatoms. The first-order valence-corrected chi connectivity index (χ1v) is 22.8. The average molecular weight is 867 g/mol. The zero-order valence-corrected chi connectivity index (χ0v) is 37.1. The summed E-state index contributed by atoms with van der Waals surface area (Å²) < 4.78 is 33.8. The minimum absolute atomic E-state index is 0.313. The zero-order chi connectivity index (χ0) is 45.2. The third kappa shape index (κ3) is 6.84. The Morgan fingerprint density at radius 2 is 0.791 bits per heavy atom. The molecule has 0 unspecified atom stereocenters. The molecule has 0 aromatic heterocycles. The topological polar surface area (TPSA) is 6.48 Å². The van der Waals surface area contributed by atoms with Gasteiger partial charge >= 0.3 is 0 Å². The fourth-order valence-corrected chi connectivity index (χ4v) is 10.3. The molecule has 0 aliphatic heterocycles. The van der Waals surface area contributed by atoms with Gasteiger partial charge < -0.3 is 9.80 Å². The second kappa shape index (κ2) is 16.0. The Morgan fingerprint density at radius 3 is 1.36 bits per heavy atom. The Bertz CT molecular complexity index is 3710. The van der Waals surface area contributed by atoms with Gasteiger partial charge in [-0.3, -0.25) is 0 Å². The van der Waals surface area contributed by atoms with Crippen LogP contribution in [-0.4, -0.2) is 0 Å². The van der Waals surface area contributed by atoms with Crippen LogP contribution < -0.4 is 9.80 Å². The van der Waals surface area contributed by atoms with Crippen LogP contribution in [0.25, 0.3) is 65.7 Å². The smallest absolute Gasteiger partial charge is 0.147 e. The van der Waals surface area contributed by atoms with E-state index in [1.54, 1.807) is 12.1 Å². The van der Waals surface area contributed by atoms with Crippen LogP contribution in [0.3, 0.4) is 0 Å². The monoisotopic (exact) mass is 866 g/mol. The summed E-state index contributed by atoms with van der Waals surface area (Å²) in [6, 6.07) is 77.5. The Kier molecular flexibility index (Phi) is 9.58. The molecule has 0 N–H and O–H groups in total. The highest BCUT2D eigenvalue weighted by atomic mass is 19.1. The van der Waals surface area contributed by atoms with Crippen molar-refractivity contribution in [2.24, 2.45) is 0 Å². The van der Waals surface area contributed by atoms with E-state index in [4.69, 9.17) is 0 Å². The van der Waals surface area contributed by atoms with Gasteiger partial charge in [0, 0.05) is 27.9 Å². The summed E-state index contributed by atoms with van der Waals surface area (Å²) in [5.41, 5.74) is 12.0. The molecule has 11 aromatic carbocycles. The molecule has 0 atom stereocenters. The van der Waals surface area contributed by atoms with Crippen LogP contribution in [0.2, 0.25) is 0 Å². The minimum Gasteiger partial charge on any atom is -0.308 e. The summed E-state index contributed by atoms with van der Waals surface area (Å²) in [5, 5.41) is 6.61. The first kappa shape index (κ1) is 40.2. The molecule has 1 aliphatic rings. The molecule has 320 valence electrons. The molecule has 0 bridgehead atoms. The fourth-order valence-electron chi connectivity index (χ4n) is 10.3. The lowest BCUT2D eigenvalue weighted by Gasteiger charge is -2.30. The van der Waals surface area contributed by atoms with Gasteiger partial charge in [0.15, 0.2) is 0 Å². The highest BCUT2D eigenvalue weighted by molar-refractivity contribution is 6.10. The van der Waals surface area contributed by atoms with Gasteiger partial charge in [0.2, 0.25) is 0 Å². The van der Waals surface area contributed by atoms with E-state index in [0.717, 1.165) is 99.6 Å². The van der Waals surface area contributed by atoms with Crippen LogP contribution in [0.4, 0.5) is 42.9 Å². The van der Waals surface area contributed by atoms with Gasteiger partial charge in [0.1, 0.15) is 11.6 Å². The van der Waals surface area contributed by atoms with E-state index in [1.165, 1.54) is 0 Å². The van der Waals surface area contributed by atoms with Crippen molar-refractivity contribution < 1.29 is 8.78 Å². The second-order valence-electron chi connectivity index (χ2n) is 18.0. The normalized spacial score (nSPS) is 12.6. The summed E-state index contributed by atoms with van der Waals surface area (Å²) in [6.45, 7) is 4.52. The lowest BCUT2D eigenvalue weighted by atomic mass is 9.81. The number of anilines is 6. The Morgan fingerprint density at radius 1 is 0.328 bits per heavy atom. The number of hydrogen-bond acceptors (Lipinski definition) is 2. The standard InChI is InChI=1S/C63H44F2N2/c1-63(2)55-39-51(66(49-19-5-3-6-20-49)59-33-29-47(37-57(59)64)45-27-25-41-15-9-11-17-43(41)35-45)31-32-54(55)62-53-24-14-13-23-52(53)61(40-56(62)63)67(50-21-7-4-8-22-50)60-34-30-48(38-58(60)65)46-28-26-42-16-10-12-18-44(42)36-46/h3-40H,1-2H3. The molecule has 11 aromatic rings. The predicted octanol–water partition coefficient (Wildman–Crippen LogP) is 18.0. The minimum atomic E-state index is -0.485. The van der Waals surface area contributed by atoms with Gasteiger partial charge in [-0.05, 0) is 150 Å². The van der Waals surface area contributed by atoms with Gasteiger partial charge in [0.05, 0.1) is 17.1 Å².